The minimum Gasteiger partial charge on any atom is -0.476 e. The Morgan fingerprint density at radius 2 is 2.39 bits per heavy atom. The molecule has 1 aromatic rings. The third-order valence-electron chi connectivity index (χ3n) is 2.89. The number of hydrogen-bond acceptors (Lipinski definition) is 5. The molecule has 0 amide bonds. The quantitative estimate of drug-likeness (QED) is 0.889. The van der Waals surface area contributed by atoms with Crippen LogP contribution >= 0.6 is 11.8 Å². The standard InChI is InChI=1S/C13H20N2O2S/c1-3-7-17-13-10(14)4-5-12(15-13)18-11-6-8-16-9(11)2/h4-5,9,11H,3,6-8,14H2,1-2H3. The summed E-state index contributed by atoms with van der Waals surface area (Å²) >= 11 is 1.74. The van der Waals surface area contributed by atoms with E-state index in [0.717, 1.165) is 24.5 Å². The first-order chi connectivity index (χ1) is 8.70. The van der Waals surface area contributed by atoms with Crippen LogP contribution in [-0.2, 0) is 4.74 Å². The van der Waals surface area contributed by atoms with Crippen LogP contribution in [0.3, 0.4) is 0 Å². The van der Waals surface area contributed by atoms with E-state index in [-0.39, 0.29) is 6.10 Å². The van der Waals surface area contributed by atoms with E-state index in [1.807, 2.05) is 12.1 Å². The van der Waals surface area contributed by atoms with Gasteiger partial charge in [-0.3, -0.25) is 0 Å². The first-order valence-corrected chi connectivity index (χ1v) is 7.26. The van der Waals surface area contributed by atoms with Gasteiger partial charge >= 0.3 is 0 Å². The van der Waals surface area contributed by atoms with Crippen molar-refractivity contribution in [3.8, 4) is 5.88 Å². The number of ether oxygens (including phenoxy) is 2. The molecular formula is C13H20N2O2S. The number of pyridine rings is 1. The molecule has 0 aliphatic carbocycles. The van der Waals surface area contributed by atoms with Crippen molar-refractivity contribution in [3.05, 3.63) is 12.1 Å². The largest absolute Gasteiger partial charge is 0.476 e. The highest BCUT2D eigenvalue weighted by Gasteiger charge is 2.25. The predicted molar refractivity (Wildman–Crippen MR) is 74.1 cm³/mol. The van der Waals surface area contributed by atoms with Crippen LogP contribution in [0.4, 0.5) is 5.69 Å². The van der Waals surface area contributed by atoms with Gasteiger partial charge in [0.05, 0.1) is 18.4 Å². The number of aromatic nitrogens is 1. The van der Waals surface area contributed by atoms with Crippen molar-refractivity contribution in [1.29, 1.82) is 0 Å². The number of nitrogens with two attached hydrogens (primary N) is 1. The van der Waals surface area contributed by atoms with Crippen LogP contribution in [0.2, 0.25) is 0 Å². The molecule has 1 aliphatic rings. The van der Waals surface area contributed by atoms with Crippen molar-refractivity contribution in [2.24, 2.45) is 0 Å². The first-order valence-electron chi connectivity index (χ1n) is 6.38. The highest BCUT2D eigenvalue weighted by molar-refractivity contribution is 7.99. The lowest BCUT2D eigenvalue weighted by molar-refractivity contribution is 0.127. The number of rotatable bonds is 5. The summed E-state index contributed by atoms with van der Waals surface area (Å²) < 4.78 is 11.1. The summed E-state index contributed by atoms with van der Waals surface area (Å²) in [6.07, 6.45) is 2.31. The normalized spacial score (nSPS) is 23.2. The van der Waals surface area contributed by atoms with Crippen molar-refractivity contribution in [2.75, 3.05) is 18.9 Å². The van der Waals surface area contributed by atoms with Crippen molar-refractivity contribution in [1.82, 2.24) is 4.98 Å². The van der Waals surface area contributed by atoms with Gasteiger partial charge in [0, 0.05) is 11.9 Å². The molecule has 2 N–H and O–H groups in total. The number of nitrogens with zero attached hydrogens (tertiary/aromatic N) is 1. The topological polar surface area (TPSA) is 57.4 Å². The van der Waals surface area contributed by atoms with Crippen LogP contribution < -0.4 is 10.5 Å². The third-order valence-corrected chi connectivity index (χ3v) is 4.28. The van der Waals surface area contributed by atoms with Crippen molar-refractivity contribution in [3.63, 3.8) is 0 Å². The molecule has 100 valence electrons. The molecule has 18 heavy (non-hydrogen) atoms. The molecule has 5 heteroatoms. The summed E-state index contributed by atoms with van der Waals surface area (Å²) in [7, 11) is 0. The molecule has 0 radical (unpaired) electrons. The van der Waals surface area contributed by atoms with Crippen LogP contribution in [-0.4, -0.2) is 29.6 Å². The molecule has 0 saturated carbocycles. The lowest BCUT2D eigenvalue weighted by Gasteiger charge is -2.14. The van der Waals surface area contributed by atoms with Gasteiger partial charge in [-0.05, 0) is 31.9 Å². The predicted octanol–water partition coefficient (Wildman–Crippen LogP) is 2.72. The average Bonchev–Trinajstić information content (AvgIpc) is 2.76. The van der Waals surface area contributed by atoms with E-state index in [9.17, 15) is 0 Å². The lowest BCUT2D eigenvalue weighted by Crippen LogP contribution is -2.13. The van der Waals surface area contributed by atoms with Crippen LogP contribution in [0, 0.1) is 0 Å². The SMILES string of the molecule is CCCOc1nc(SC2CCOC2C)ccc1N. The number of thioether (sulfide) groups is 1. The Morgan fingerprint density at radius 3 is 3.06 bits per heavy atom. The fourth-order valence-electron chi connectivity index (χ4n) is 1.84. The van der Waals surface area contributed by atoms with Gasteiger partial charge in [0.1, 0.15) is 5.03 Å². The molecule has 2 heterocycles. The fourth-order valence-corrected chi connectivity index (χ4v) is 2.91. The van der Waals surface area contributed by atoms with Gasteiger partial charge in [0.15, 0.2) is 0 Å². The van der Waals surface area contributed by atoms with Crippen LogP contribution in [0.15, 0.2) is 17.2 Å². The Kier molecular flexibility index (Phi) is 4.72. The highest BCUT2D eigenvalue weighted by atomic mass is 32.2. The molecule has 0 aromatic carbocycles. The molecule has 4 nitrogen and oxygen atoms in total. The van der Waals surface area contributed by atoms with Crippen LogP contribution in [0.5, 0.6) is 5.88 Å². The second kappa shape index (κ2) is 6.29. The second-order valence-corrected chi connectivity index (χ2v) is 5.67. The van der Waals surface area contributed by atoms with E-state index in [1.165, 1.54) is 0 Å². The van der Waals surface area contributed by atoms with Crippen LogP contribution in [0.1, 0.15) is 26.7 Å². The first kappa shape index (κ1) is 13.5. The molecule has 1 aromatic heterocycles. The zero-order chi connectivity index (χ0) is 13.0. The Morgan fingerprint density at radius 1 is 1.56 bits per heavy atom. The summed E-state index contributed by atoms with van der Waals surface area (Å²) in [4.78, 5) is 4.47. The summed E-state index contributed by atoms with van der Waals surface area (Å²) in [6.45, 7) is 5.66. The molecule has 2 rings (SSSR count). The third kappa shape index (κ3) is 3.29. The Balaban J connectivity index is 2.04. The molecule has 0 spiro atoms. The monoisotopic (exact) mass is 268 g/mol. The van der Waals surface area contributed by atoms with E-state index in [1.54, 1.807) is 11.8 Å². The van der Waals surface area contributed by atoms with E-state index in [0.29, 0.717) is 23.4 Å². The summed E-state index contributed by atoms with van der Waals surface area (Å²) in [5.74, 6) is 0.549. The van der Waals surface area contributed by atoms with E-state index >= 15 is 0 Å². The molecule has 0 bridgehead atoms. The minimum absolute atomic E-state index is 0.286. The van der Waals surface area contributed by atoms with E-state index in [4.69, 9.17) is 15.2 Å². The number of hydrogen-bond donors (Lipinski definition) is 1. The summed E-state index contributed by atoms with van der Waals surface area (Å²) in [6, 6.07) is 3.81. The second-order valence-electron chi connectivity index (χ2n) is 4.41. The van der Waals surface area contributed by atoms with Gasteiger partial charge in [0.25, 0.3) is 0 Å². The average molecular weight is 268 g/mol. The maximum absolute atomic E-state index is 5.84. The van der Waals surface area contributed by atoms with Gasteiger partial charge in [-0.25, -0.2) is 4.98 Å². The Bertz CT molecular complexity index is 401. The van der Waals surface area contributed by atoms with Crippen LogP contribution in [0.25, 0.3) is 0 Å². The van der Waals surface area contributed by atoms with Gasteiger partial charge in [-0.2, -0.15) is 0 Å². The molecule has 2 unspecified atom stereocenters. The Hall–Kier alpha value is -0.940. The molecule has 1 aliphatic heterocycles. The van der Waals surface area contributed by atoms with Gasteiger partial charge in [-0.1, -0.05) is 6.92 Å². The van der Waals surface area contributed by atoms with Crippen molar-refractivity contribution in [2.45, 2.75) is 43.1 Å². The molecule has 1 saturated heterocycles. The fraction of sp³-hybridized carbons (Fsp3) is 0.615. The molecule has 2 atom stereocenters. The minimum atomic E-state index is 0.286. The molecular weight excluding hydrogens is 248 g/mol. The lowest BCUT2D eigenvalue weighted by atomic mass is 10.3. The zero-order valence-electron chi connectivity index (χ0n) is 10.9. The maximum atomic E-state index is 5.84. The van der Waals surface area contributed by atoms with Gasteiger partial charge in [-0.15, -0.1) is 11.8 Å². The van der Waals surface area contributed by atoms with Crippen molar-refractivity contribution >= 4 is 17.4 Å². The zero-order valence-corrected chi connectivity index (χ0v) is 11.7. The molecule has 1 fully saturated rings. The highest BCUT2D eigenvalue weighted by Crippen LogP contribution is 2.33. The van der Waals surface area contributed by atoms with Gasteiger partial charge in [0.2, 0.25) is 5.88 Å². The maximum Gasteiger partial charge on any atom is 0.238 e. The van der Waals surface area contributed by atoms with Gasteiger partial charge < -0.3 is 15.2 Å². The number of anilines is 1. The van der Waals surface area contributed by atoms with E-state index in [2.05, 4.69) is 18.8 Å². The van der Waals surface area contributed by atoms with E-state index < -0.39 is 0 Å². The summed E-state index contributed by atoms with van der Waals surface area (Å²) in [5, 5.41) is 1.43. The smallest absolute Gasteiger partial charge is 0.238 e. The summed E-state index contributed by atoms with van der Waals surface area (Å²) in [5.41, 5.74) is 6.44. The van der Waals surface area contributed by atoms with Crippen molar-refractivity contribution < 1.29 is 9.47 Å². The number of nitrogen functional groups attached to an aromatic ring is 1. The Labute approximate surface area is 112 Å².